The van der Waals surface area contributed by atoms with Crippen LogP contribution >= 0.6 is 0 Å². The van der Waals surface area contributed by atoms with Crippen molar-refractivity contribution in [3.8, 4) is 11.3 Å². The second-order valence-corrected chi connectivity index (χ2v) is 7.66. The summed E-state index contributed by atoms with van der Waals surface area (Å²) < 4.78 is 5.97. The Labute approximate surface area is 177 Å². The number of aromatic nitrogens is 1. The van der Waals surface area contributed by atoms with E-state index >= 15 is 0 Å². The fraction of sp³-hybridized carbons (Fsp3) is 0.280. The molecule has 0 aliphatic carbocycles. The quantitative estimate of drug-likeness (QED) is 0.635. The van der Waals surface area contributed by atoms with Crippen LogP contribution in [0.4, 0.5) is 4.79 Å². The molecule has 1 aromatic heterocycles. The molecule has 2 aromatic carbocycles. The molecule has 5 nitrogen and oxygen atoms in total. The summed E-state index contributed by atoms with van der Waals surface area (Å²) in [5.41, 5.74) is 3.16. The number of amides is 1. The molecular weight excluding hydrogens is 376 g/mol. The van der Waals surface area contributed by atoms with E-state index in [0.29, 0.717) is 19.4 Å². The van der Waals surface area contributed by atoms with Gasteiger partial charge in [0.2, 0.25) is 0 Å². The number of ether oxygens (including phenoxy) is 1. The average molecular weight is 402 g/mol. The third-order valence-corrected chi connectivity index (χ3v) is 5.91. The van der Waals surface area contributed by atoms with Crippen LogP contribution in [0.3, 0.4) is 0 Å². The Hall–Kier alpha value is -3.18. The SMILES string of the molecule is C[C@@H](c1ccc(-c2ccccn2)cc1)N1CC[C@](CCO)(c2ccccc2)OC1=O. The first-order valence-corrected chi connectivity index (χ1v) is 10.3. The fourth-order valence-corrected chi connectivity index (χ4v) is 4.11. The number of carbonyl (C=O) groups excluding carboxylic acids is 1. The summed E-state index contributed by atoms with van der Waals surface area (Å²) in [4.78, 5) is 19.1. The molecule has 30 heavy (non-hydrogen) atoms. The highest BCUT2D eigenvalue weighted by Gasteiger charge is 2.43. The lowest BCUT2D eigenvalue weighted by Crippen LogP contribution is -2.49. The summed E-state index contributed by atoms with van der Waals surface area (Å²) >= 11 is 0. The molecule has 2 heterocycles. The summed E-state index contributed by atoms with van der Waals surface area (Å²) in [6.45, 7) is 2.54. The zero-order chi connectivity index (χ0) is 21.0. The zero-order valence-electron chi connectivity index (χ0n) is 17.1. The third kappa shape index (κ3) is 3.94. The standard InChI is InChI=1S/C25H26N2O3/c1-19(20-10-12-21(13-11-20)23-9-5-6-16-26-23)27-17-14-25(15-18-28,30-24(27)29)22-7-3-2-4-8-22/h2-13,16,19,28H,14-15,17-18H2,1H3/t19-,25-/m0/s1. The minimum Gasteiger partial charge on any atom is -0.438 e. The molecule has 1 aliphatic heterocycles. The number of aliphatic hydroxyl groups excluding tert-OH is 1. The molecule has 154 valence electrons. The average Bonchev–Trinajstić information content (AvgIpc) is 2.80. The molecular formula is C25H26N2O3. The Kier molecular flexibility index (Phi) is 5.81. The van der Waals surface area contributed by atoms with Gasteiger partial charge in [0.05, 0.1) is 11.7 Å². The molecule has 0 unspecified atom stereocenters. The van der Waals surface area contributed by atoms with Gasteiger partial charge < -0.3 is 14.7 Å². The number of carbonyl (C=O) groups is 1. The van der Waals surface area contributed by atoms with E-state index in [4.69, 9.17) is 4.74 Å². The third-order valence-electron chi connectivity index (χ3n) is 5.91. The topological polar surface area (TPSA) is 62.7 Å². The van der Waals surface area contributed by atoms with Crippen LogP contribution in [0.1, 0.15) is 36.9 Å². The first-order valence-electron chi connectivity index (χ1n) is 10.3. The van der Waals surface area contributed by atoms with E-state index in [9.17, 15) is 9.90 Å². The van der Waals surface area contributed by atoms with Crippen molar-refractivity contribution in [2.24, 2.45) is 0 Å². The van der Waals surface area contributed by atoms with E-state index in [1.165, 1.54) is 0 Å². The molecule has 1 aliphatic rings. The molecule has 0 spiro atoms. The normalized spacial score (nSPS) is 19.9. The van der Waals surface area contributed by atoms with Crippen LogP contribution in [0, 0.1) is 0 Å². The van der Waals surface area contributed by atoms with E-state index in [1.807, 2.05) is 79.7 Å². The van der Waals surface area contributed by atoms with Gasteiger partial charge in [-0.15, -0.1) is 0 Å². The predicted molar refractivity (Wildman–Crippen MR) is 116 cm³/mol. The van der Waals surface area contributed by atoms with Crippen LogP contribution in [0.25, 0.3) is 11.3 Å². The van der Waals surface area contributed by atoms with Gasteiger partial charge in [-0.3, -0.25) is 4.98 Å². The van der Waals surface area contributed by atoms with E-state index < -0.39 is 5.60 Å². The summed E-state index contributed by atoms with van der Waals surface area (Å²) in [5, 5.41) is 9.59. The van der Waals surface area contributed by atoms with Crippen LogP contribution in [-0.2, 0) is 10.3 Å². The lowest BCUT2D eigenvalue weighted by atomic mass is 9.85. The molecule has 3 aromatic rings. The van der Waals surface area contributed by atoms with Crippen molar-refractivity contribution in [1.82, 2.24) is 9.88 Å². The lowest BCUT2D eigenvalue weighted by molar-refractivity contribution is -0.0718. The van der Waals surface area contributed by atoms with Gasteiger partial charge >= 0.3 is 6.09 Å². The van der Waals surface area contributed by atoms with Crippen LogP contribution in [-0.4, -0.2) is 34.2 Å². The van der Waals surface area contributed by atoms with Gasteiger partial charge in [-0.25, -0.2) is 4.79 Å². The molecule has 0 saturated carbocycles. The van der Waals surface area contributed by atoms with Crippen molar-refractivity contribution in [3.05, 3.63) is 90.1 Å². The Morgan fingerprint density at radius 2 is 1.80 bits per heavy atom. The van der Waals surface area contributed by atoms with Gasteiger partial charge in [0.25, 0.3) is 0 Å². The Bertz CT molecular complexity index is 976. The smallest absolute Gasteiger partial charge is 0.411 e. The maximum atomic E-state index is 13.0. The number of hydrogen-bond donors (Lipinski definition) is 1. The van der Waals surface area contributed by atoms with Gasteiger partial charge in [-0.2, -0.15) is 0 Å². The number of hydrogen-bond acceptors (Lipinski definition) is 4. The van der Waals surface area contributed by atoms with E-state index in [-0.39, 0.29) is 18.7 Å². The van der Waals surface area contributed by atoms with Crippen molar-refractivity contribution in [1.29, 1.82) is 0 Å². The number of nitrogens with zero attached hydrogens (tertiary/aromatic N) is 2. The summed E-state index contributed by atoms with van der Waals surface area (Å²) in [7, 11) is 0. The summed E-state index contributed by atoms with van der Waals surface area (Å²) in [5.74, 6) is 0. The van der Waals surface area contributed by atoms with Crippen LogP contribution in [0.2, 0.25) is 0 Å². The zero-order valence-corrected chi connectivity index (χ0v) is 17.1. The Morgan fingerprint density at radius 1 is 1.07 bits per heavy atom. The van der Waals surface area contributed by atoms with Crippen molar-refractivity contribution >= 4 is 6.09 Å². The molecule has 1 saturated heterocycles. The minimum absolute atomic E-state index is 0.0350. The Morgan fingerprint density at radius 3 is 2.43 bits per heavy atom. The predicted octanol–water partition coefficient (Wildman–Crippen LogP) is 4.93. The number of rotatable bonds is 6. The molecule has 0 radical (unpaired) electrons. The number of pyridine rings is 1. The van der Waals surface area contributed by atoms with Crippen molar-refractivity contribution in [2.45, 2.75) is 31.4 Å². The first-order chi connectivity index (χ1) is 14.6. The van der Waals surface area contributed by atoms with Gasteiger partial charge in [0.15, 0.2) is 0 Å². The number of aliphatic hydroxyl groups is 1. The van der Waals surface area contributed by atoms with Crippen LogP contribution in [0.15, 0.2) is 79.0 Å². The van der Waals surface area contributed by atoms with E-state index in [0.717, 1.165) is 22.4 Å². The second-order valence-electron chi connectivity index (χ2n) is 7.66. The molecule has 1 amide bonds. The molecule has 4 rings (SSSR count). The highest BCUT2D eigenvalue weighted by Crippen LogP contribution is 2.39. The van der Waals surface area contributed by atoms with Gasteiger partial charge in [-0.1, -0.05) is 60.7 Å². The van der Waals surface area contributed by atoms with E-state index in [1.54, 1.807) is 11.1 Å². The number of benzene rings is 2. The van der Waals surface area contributed by atoms with E-state index in [2.05, 4.69) is 4.98 Å². The van der Waals surface area contributed by atoms with Crippen molar-refractivity contribution in [2.75, 3.05) is 13.2 Å². The molecule has 1 fully saturated rings. The number of cyclic esters (lactones) is 1. The molecule has 1 N–H and O–H groups in total. The largest absolute Gasteiger partial charge is 0.438 e. The molecule has 0 bridgehead atoms. The van der Waals surface area contributed by atoms with Gasteiger partial charge in [0, 0.05) is 37.8 Å². The first kappa shape index (κ1) is 20.1. The van der Waals surface area contributed by atoms with Gasteiger partial charge in [-0.05, 0) is 30.2 Å². The molecule has 5 heteroatoms. The molecule has 2 atom stereocenters. The monoisotopic (exact) mass is 402 g/mol. The maximum absolute atomic E-state index is 13.0. The second kappa shape index (κ2) is 8.67. The van der Waals surface area contributed by atoms with Crippen molar-refractivity contribution in [3.63, 3.8) is 0 Å². The van der Waals surface area contributed by atoms with Gasteiger partial charge in [0.1, 0.15) is 5.60 Å². The van der Waals surface area contributed by atoms with Crippen LogP contribution < -0.4 is 0 Å². The lowest BCUT2D eigenvalue weighted by Gasteiger charge is -2.43. The maximum Gasteiger partial charge on any atom is 0.411 e. The van der Waals surface area contributed by atoms with Crippen molar-refractivity contribution < 1.29 is 14.6 Å². The summed E-state index contributed by atoms with van der Waals surface area (Å²) in [6.07, 6.45) is 2.46. The highest BCUT2D eigenvalue weighted by atomic mass is 16.6. The van der Waals surface area contributed by atoms with Crippen LogP contribution in [0.5, 0.6) is 0 Å². The highest BCUT2D eigenvalue weighted by molar-refractivity contribution is 5.70. The fourth-order valence-electron chi connectivity index (χ4n) is 4.11. The minimum atomic E-state index is -0.772. The summed E-state index contributed by atoms with van der Waals surface area (Å²) in [6, 6.07) is 23.6. The Balaban J connectivity index is 1.51.